The lowest BCUT2D eigenvalue weighted by Crippen LogP contribution is -2.32. The van der Waals surface area contributed by atoms with Gasteiger partial charge in [-0.1, -0.05) is 31.2 Å². The number of hydrogen-bond acceptors (Lipinski definition) is 4. The van der Waals surface area contributed by atoms with Crippen LogP contribution in [0.3, 0.4) is 0 Å². The number of rotatable bonds is 8. The van der Waals surface area contributed by atoms with Crippen LogP contribution in [0.5, 0.6) is 5.75 Å². The summed E-state index contributed by atoms with van der Waals surface area (Å²) in [6.07, 6.45) is -0.576. The lowest BCUT2D eigenvalue weighted by Gasteiger charge is -2.18. The number of para-hydroxylation sites is 1. The van der Waals surface area contributed by atoms with E-state index >= 15 is 0 Å². The number of amides is 1. The highest BCUT2D eigenvalue weighted by atomic mass is 32.2. The molecular formula is C24H25FN2O4S. The average molecular weight is 457 g/mol. The van der Waals surface area contributed by atoms with Crippen LogP contribution in [0.4, 0.5) is 15.8 Å². The molecule has 1 atom stereocenters. The Hall–Kier alpha value is -3.39. The molecule has 3 aromatic rings. The third kappa shape index (κ3) is 5.64. The summed E-state index contributed by atoms with van der Waals surface area (Å²) >= 11 is 0. The number of carbonyl (C=O) groups excluding carboxylic acids is 1. The molecule has 0 aliphatic rings. The highest BCUT2D eigenvalue weighted by Crippen LogP contribution is 2.23. The van der Waals surface area contributed by atoms with Crippen LogP contribution < -0.4 is 14.8 Å². The Morgan fingerprint density at radius 2 is 1.72 bits per heavy atom. The van der Waals surface area contributed by atoms with E-state index in [-0.39, 0.29) is 10.6 Å². The van der Waals surface area contributed by atoms with Crippen molar-refractivity contribution in [2.45, 2.75) is 38.2 Å². The van der Waals surface area contributed by atoms with E-state index in [2.05, 4.69) is 10.0 Å². The van der Waals surface area contributed by atoms with Crippen LogP contribution in [-0.2, 0) is 14.8 Å². The first-order valence-corrected chi connectivity index (χ1v) is 11.6. The van der Waals surface area contributed by atoms with Gasteiger partial charge in [0.15, 0.2) is 17.7 Å². The van der Waals surface area contributed by atoms with Crippen LogP contribution in [-0.4, -0.2) is 20.4 Å². The fourth-order valence-corrected chi connectivity index (χ4v) is 4.13. The van der Waals surface area contributed by atoms with Gasteiger partial charge >= 0.3 is 0 Å². The van der Waals surface area contributed by atoms with Gasteiger partial charge in [0.2, 0.25) is 0 Å². The Morgan fingerprint density at radius 3 is 2.38 bits per heavy atom. The molecule has 0 aromatic heterocycles. The molecule has 32 heavy (non-hydrogen) atoms. The number of aryl methyl sites for hydroxylation is 2. The van der Waals surface area contributed by atoms with Crippen LogP contribution in [0.25, 0.3) is 0 Å². The second kappa shape index (κ2) is 9.82. The predicted octanol–water partition coefficient (Wildman–Crippen LogP) is 5.04. The summed E-state index contributed by atoms with van der Waals surface area (Å²) in [4.78, 5) is 12.6. The molecule has 0 radical (unpaired) electrons. The van der Waals surface area contributed by atoms with Crippen molar-refractivity contribution >= 4 is 27.3 Å². The Morgan fingerprint density at radius 1 is 1.03 bits per heavy atom. The lowest BCUT2D eigenvalue weighted by atomic mass is 10.1. The van der Waals surface area contributed by atoms with Crippen molar-refractivity contribution in [1.82, 2.24) is 0 Å². The van der Waals surface area contributed by atoms with Crippen molar-refractivity contribution in [2.24, 2.45) is 0 Å². The van der Waals surface area contributed by atoms with Gasteiger partial charge in [0.1, 0.15) is 0 Å². The normalized spacial score (nSPS) is 12.1. The quantitative estimate of drug-likeness (QED) is 0.497. The highest BCUT2D eigenvalue weighted by Gasteiger charge is 2.21. The van der Waals surface area contributed by atoms with E-state index in [9.17, 15) is 17.6 Å². The number of benzene rings is 3. The van der Waals surface area contributed by atoms with Crippen LogP contribution in [0.15, 0.2) is 71.6 Å². The molecule has 8 heteroatoms. The standard InChI is InChI=1S/C24H25FN2O4S/c1-4-22(31-23-8-6-5-7-20(23)25)24(28)26-18-11-13-19(14-12-18)32(29,30)27-21-15-16(2)9-10-17(21)3/h5-15,22,27H,4H2,1-3H3,(H,26,28)/t22-/m0/s1. The molecule has 6 nitrogen and oxygen atoms in total. The zero-order valence-electron chi connectivity index (χ0n) is 18.1. The van der Waals surface area contributed by atoms with Crippen molar-refractivity contribution < 1.29 is 22.3 Å². The minimum Gasteiger partial charge on any atom is -0.478 e. The molecule has 0 saturated carbocycles. The molecule has 0 heterocycles. The van der Waals surface area contributed by atoms with Gasteiger partial charge in [-0.25, -0.2) is 12.8 Å². The van der Waals surface area contributed by atoms with Crippen LogP contribution >= 0.6 is 0 Å². The zero-order valence-corrected chi connectivity index (χ0v) is 18.9. The van der Waals surface area contributed by atoms with Crippen molar-refractivity contribution in [2.75, 3.05) is 10.0 Å². The SMILES string of the molecule is CC[C@H](Oc1ccccc1F)C(=O)Nc1ccc(S(=O)(=O)Nc2cc(C)ccc2C)cc1. The van der Waals surface area contributed by atoms with Crippen LogP contribution in [0.2, 0.25) is 0 Å². The second-order valence-corrected chi connectivity index (χ2v) is 9.07. The Kier molecular flexibility index (Phi) is 7.15. The molecule has 168 valence electrons. The first-order valence-electron chi connectivity index (χ1n) is 10.1. The number of halogens is 1. The third-order valence-corrected chi connectivity index (χ3v) is 6.22. The van der Waals surface area contributed by atoms with Gasteiger partial charge in [-0.05, 0) is 73.9 Å². The van der Waals surface area contributed by atoms with Gasteiger partial charge < -0.3 is 10.1 Å². The zero-order chi connectivity index (χ0) is 23.3. The molecule has 3 rings (SSSR count). The van der Waals surface area contributed by atoms with Crippen molar-refractivity contribution in [3.8, 4) is 5.75 Å². The number of nitrogens with one attached hydrogen (secondary N) is 2. The largest absolute Gasteiger partial charge is 0.478 e. The van der Waals surface area contributed by atoms with E-state index in [1.165, 1.54) is 42.5 Å². The van der Waals surface area contributed by atoms with E-state index in [0.29, 0.717) is 17.8 Å². The highest BCUT2D eigenvalue weighted by molar-refractivity contribution is 7.92. The van der Waals surface area contributed by atoms with Crippen molar-refractivity contribution in [1.29, 1.82) is 0 Å². The van der Waals surface area contributed by atoms with Gasteiger partial charge in [-0.3, -0.25) is 9.52 Å². The number of carbonyl (C=O) groups is 1. The molecule has 3 aromatic carbocycles. The fraction of sp³-hybridized carbons (Fsp3) is 0.208. The molecule has 0 aliphatic heterocycles. The number of sulfonamides is 1. The number of ether oxygens (including phenoxy) is 1. The molecule has 0 fully saturated rings. The van der Waals surface area contributed by atoms with Crippen LogP contribution in [0.1, 0.15) is 24.5 Å². The average Bonchev–Trinajstić information content (AvgIpc) is 2.76. The molecule has 0 saturated heterocycles. The first kappa shape index (κ1) is 23.3. The minimum absolute atomic E-state index is 0.00606. The minimum atomic E-state index is -3.79. The summed E-state index contributed by atoms with van der Waals surface area (Å²) in [5.74, 6) is -1.02. The lowest BCUT2D eigenvalue weighted by molar-refractivity contribution is -0.122. The smallest absolute Gasteiger partial charge is 0.265 e. The summed E-state index contributed by atoms with van der Waals surface area (Å²) in [7, 11) is -3.79. The van der Waals surface area contributed by atoms with Crippen molar-refractivity contribution in [3.05, 3.63) is 83.7 Å². The maximum Gasteiger partial charge on any atom is 0.265 e. The third-order valence-electron chi connectivity index (χ3n) is 4.84. The maximum atomic E-state index is 13.8. The predicted molar refractivity (Wildman–Crippen MR) is 123 cm³/mol. The molecule has 2 N–H and O–H groups in total. The fourth-order valence-electron chi connectivity index (χ4n) is 3.01. The molecule has 0 spiro atoms. The molecular weight excluding hydrogens is 431 g/mol. The summed E-state index contributed by atoms with van der Waals surface area (Å²) in [5.41, 5.74) is 2.66. The van der Waals surface area contributed by atoms with E-state index < -0.39 is 27.9 Å². The Bertz CT molecular complexity index is 1210. The first-order chi connectivity index (χ1) is 15.2. The van der Waals surface area contributed by atoms with Gasteiger partial charge in [0, 0.05) is 5.69 Å². The number of hydrogen-bond donors (Lipinski definition) is 2. The molecule has 0 bridgehead atoms. The molecule has 0 aliphatic carbocycles. The van der Waals surface area contributed by atoms with Gasteiger partial charge in [-0.2, -0.15) is 0 Å². The Labute approximate surface area is 187 Å². The topological polar surface area (TPSA) is 84.5 Å². The summed E-state index contributed by atoms with van der Waals surface area (Å²) in [5, 5.41) is 2.68. The van der Waals surface area contributed by atoms with E-state index in [0.717, 1.165) is 11.1 Å². The monoisotopic (exact) mass is 456 g/mol. The molecule has 1 amide bonds. The van der Waals surface area contributed by atoms with Gasteiger partial charge in [-0.15, -0.1) is 0 Å². The molecule has 0 unspecified atom stereocenters. The second-order valence-electron chi connectivity index (χ2n) is 7.38. The summed E-state index contributed by atoms with van der Waals surface area (Å²) in [6, 6.07) is 17.2. The van der Waals surface area contributed by atoms with Crippen LogP contribution in [0, 0.1) is 19.7 Å². The van der Waals surface area contributed by atoms with Gasteiger partial charge in [0.05, 0.1) is 10.6 Å². The maximum absolute atomic E-state index is 13.8. The number of anilines is 2. The van der Waals surface area contributed by atoms with E-state index in [4.69, 9.17) is 4.74 Å². The van der Waals surface area contributed by atoms with Crippen molar-refractivity contribution in [3.63, 3.8) is 0 Å². The Balaban J connectivity index is 1.70. The summed E-state index contributed by atoms with van der Waals surface area (Å²) in [6.45, 7) is 5.46. The van der Waals surface area contributed by atoms with E-state index in [1.807, 2.05) is 26.0 Å². The summed E-state index contributed by atoms with van der Waals surface area (Å²) < 4.78 is 47.4. The van der Waals surface area contributed by atoms with E-state index in [1.54, 1.807) is 19.1 Å². The van der Waals surface area contributed by atoms with Gasteiger partial charge in [0.25, 0.3) is 15.9 Å².